The van der Waals surface area contributed by atoms with Gasteiger partial charge in [-0.25, -0.2) is 0 Å². The number of hydrogen-bond donors (Lipinski definition) is 6. The summed E-state index contributed by atoms with van der Waals surface area (Å²) in [4.78, 5) is 13.3. The first-order chi connectivity index (χ1) is 15.9. The SMILES string of the molecule is CC(CC(C)(C)O)C(O)C(C)(O)C1CCC2(O)C3=CC(=O)C4CC(O)C(O)CC4(C)C3CCC12C. The smallest absolute Gasteiger partial charge is 0.159 e. The average Bonchev–Trinajstić information content (AvgIpc) is 3.00. The molecule has 7 nitrogen and oxygen atoms in total. The quantitative estimate of drug-likeness (QED) is 0.344. The predicted molar refractivity (Wildman–Crippen MR) is 131 cm³/mol. The average molecular weight is 495 g/mol. The van der Waals surface area contributed by atoms with Gasteiger partial charge in [0.1, 0.15) is 0 Å². The first-order valence-corrected chi connectivity index (χ1v) is 13.4. The Labute approximate surface area is 209 Å². The molecule has 0 saturated heterocycles. The maximum absolute atomic E-state index is 13.3. The lowest BCUT2D eigenvalue weighted by Gasteiger charge is -2.60. The third kappa shape index (κ3) is 3.96. The van der Waals surface area contributed by atoms with Crippen LogP contribution in [0.4, 0.5) is 0 Å². The summed E-state index contributed by atoms with van der Waals surface area (Å²) in [5.41, 5.74) is -4.35. The number of hydrogen-bond acceptors (Lipinski definition) is 7. The molecule has 35 heavy (non-hydrogen) atoms. The minimum atomic E-state index is -1.49. The highest BCUT2D eigenvalue weighted by Crippen LogP contribution is 2.68. The Bertz CT molecular complexity index is 890. The Kier molecular flexibility index (Phi) is 6.48. The van der Waals surface area contributed by atoms with Crippen LogP contribution in [0.5, 0.6) is 0 Å². The molecule has 0 aromatic heterocycles. The van der Waals surface area contributed by atoms with Gasteiger partial charge in [0.15, 0.2) is 5.78 Å². The fourth-order valence-electron chi connectivity index (χ4n) is 8.99. The van der Waals surface area contributed by atoms with E-state index in [-0.39, 0.29) is 30.0 Å². The van der Waals surface area contributed by atoms with Gasteiger partial charge in [0.05, 0.1) is 35.1 Å². The van der Waals surface area contributed by atoms with Crippen LogP contribution in [-0.2, 0) is 4.79 Å². The van der Waals surface area contributed by atoms with E-state index in [1.807, 2.05) is 20.8 Å². The number of rotatable bonds is 5. The van der Waals surface area contributed by atoms with Crippen molar-refractivity contribution in [3.63, 3.8) is 0 Å². The van der Waals surface area contributed by atoms with Crippen molar-refractivity contribution in [2.75, 3.05) is 0 Å². The van der Waals surface area contributed by atoms with Crippen molar-refractivity contribution in [3.05, 3.63) is 11.6 Å². The molecule has 11 unspecified atom stereocenters. The molecule has 3 saturated carbocycles. The van der Waals surface area contributed by atoms with Crippen LogP contribution < -0.4 is 0 Å². The largest absolute Gasteiger partial charge is 0.390 e. The second kappa shape index (κ2) is 8.34. The molecule has 7 heteroatoms. The highest BCUT2D eigenvalue weighted by Gasteiger charge is 2.69. The number of fused-ring (bicyclic) bond motifs is 5. The molecule has 11 atom stereocenters. The van der Waals surface area contributed by atoms with Gasteiger partial charge in [-0.15, -0.1) is 0 Å². The monoisotopic (exact) mass is 494 g/mol. The van der Waals surface area contributed by atoms with E-state index in [0.29, 0.717) is 44.1 Å². The zero-order chi connectivity index (χ0) is 26.4. The zero-order valence-corrected chi connectivity index (χ0v) is 22.2. The normalized spacial score (nSPS) is 47.1. The number of aliphatic hydroxyl groups excluding tert-OH is 3. The van der Waals surface area contributed by atoms with Crippen LogP contribution in [0.2, 0.25) is 0 Å². The van der Waals surface area contributed by atoms with E-state index < -0.39 is 51.9 Å². The van der Waals surface area contributed by atoms with Crippen LogP contribution in [0.3, 0.4) is 0 Å². The van der Waals surface area contributed by atoms with E-state index in [1.54, 1.807) is 26.8 Å². The van der Waals surface area contributed by atoms with Gasteiger partial charge in [0, 0.05) is 11.3 Å². The molecule has 4 rings (SSSR count). The minimum absolute atomic E-state index is 0.0897. The van der Waals surface area contributed by atoms with Gasteiger partial charge in [-0.2, -0.15) is 0 Å². The van der Waals surface area contributed by atoms with Crippen molar-refractivity contribution in [1.82, 2.24) is 0 Å². The lowest BCUT2D eigenvalue weighted by molar-refractivity contribution is -0.184. The molecule has 6 N–H and O–H groups in total. The van der Waals surface area contributed by atoms with Crippen molar-refractivity contribution in [1.29, 1.82) is 0 Å². The van der Waals surface area contributed by atoms with Crippen LogP contribution in [-0.4, -0.2) is 71.5 Å². The molecule has 0 heterocycles. The van der Waals surface area contributed by atoms with Crippen LogP contribution >= 0.6 is 0 Å². The van der Waals surface area contributed by atoms with E-state index in [1.165, 1.54) is 0 Å². The summed E-state index contributed by atoms with van der Waals surface area (Å²) in [6.45, 7) is 10.8. The fourth-order valence-corrected chi connectivity index (χ4v) is 8.99. The molecular formula is C28H46O7. The summed E-state index contributed by atoms with van der Waals surface area (Å²) in [7, 11) is 0. The van der Waals surface area contributed by atoms with Crippen molar-refractivity contribution in [2.24, 2.45) is 34.5 Å². The topological polar surface area (TPSA) is 138 Å². The summed E-state index contributed by atoms with van der Waals surface area (Å²) in [6, 6.07) is 0. The number of carbonyl (C=O) groups excluding carboxylic acids is 1. The molecule has 200 valence electrons. The summed E-state index contributed by atoms with van der Waals surface area (Å²) in [6.07, 6.45) is 1.79. The van der Waals surface area contributed by atoms with Crippen molar-refractivity contribution < 1.29 is 35.4 Å². The van der Waals surface area contributed by atoms with Crippen molar-refractivity contribution in [2.45, 2.75) is 122 Å². The first-order valence-electron chi connectivity index (χ1n) is 13.4. The van der Waals surface area contributed by atoms with Gasteiger partial charge in [-0.1, -0.05) is 20.8 Å². The van der Waals surface area contributed by atoms with Gasteiger partial charge in [-0.05, 0) is 101 Å². The fraction of sp³-hybridized carbons (Fsp3) is 0.893. The molecule has 0 aromatic carbocycles. The molecule has 0 amide bonds. The zero-order valence-electron chi connectivity index (χ0n) is 22.2. The van der Waals surface area contributed by atoms with E-state index in [0.717, 1.165) is 0 Å². The summed E-state index contributed by atoms with van der Waals surface area (Å²) >= 11 is 0. The van der Waals surface area contributed by atoms with Gasteiger partial charge in [0.25, 0.3) is 0 Å². The van der Waals surface area contributed by atoms with E-state index in [4.69, 9.17) is 0 Å². The molecule has 4 aliphatic carbocycles. The number of ketones is 1. The number of carbonyl (C=O) groups is 1. The number of allylic oxidation sites excluding steroid dienone is 1. The minimum Gasteiger partial charge on any atom is -0.390 e. The Hall–Kier alpha value is -0.830. The van der Waals surface area contributed by atoms with Crippen molar-refractivity contribution in [3.8, 4) is 0 Å². The van der Waals surface area contributed by atoms with Crippen LogP contribution in [0.15, 0.2) is 11.6 Å². The third-order valence-electron chi connectivity index (χ3n) is 10.8. The molecule has 0 radical (unpaired) electrons. The lowest BCUT2D eigenvalue weighted by Crippen LogP contribution is -2.63. The highest BCUT2D eigenvalue weighted by molar-refractivity contribution is 5.95. The molecule has 0 aromatic rings. The molecule has 0 spiro atoms. The second-order valence-corrected chi connectivity index (χ2v) is 13.8. The third-order valence-corrected chi connectivity index (χ3v) is 10.8. The maximum Gasteiger partial charge on any atom is 0.159 e. The summed E-state index contributed by atoms with van der Waals surface area (Å²) in [5, 5.41) is 66.2. The van der Waals surface area contributed by atoms with Crippen LogP contribution in [0.25, 0.3) is 0 Å². The highest BCUT2D eigenvalue weighted by atomic mass is 16.3. The molecule has 4 aliphatic rings. The summed E-state index contributed by atoms with van der Waals surface area (Å²) in [5.74, 6) is -1.33. The van der Waals surface area contributed by atoms with E-state index in [9.17, 15) is 35.4 Å². The standard InChI is InChI=1S/C28H46O7/c1-15(13-24(2,3)33)23(32)27(6,34)22-8-10-28(35)17-11-19(29)18-12-20(30)21(31)14-25(18,4)16(17)7-9-26(22,28)5/h11,15-16,18,20-23,30-35H,7-10,12-14H2,1-6H3. The molecule has 0 bridgehead atoms. The van der Waals surface area contributed by atoms with Crippen molar-refractivity contribution >= 4 is 5.78 Å². The predicted octanol–water partition coefficient (Wildman–Crippen LogP) is 2.10. The first kappa shape index (κ1) is 27.2. The summed E-state index contributed by atoms with van der Waals surface area (Å²) < 4.78 is 0. The van der Waals surface area contributed by atoms with Gasteiger partial charge in [0.2, 0.25) is 0 Å². The maximum atomic E-state index is 13.3. The molecular weight excluding hydrogens is 448 g/mol. The molecule has 0 aliphatic heterocycles. The van der Waals surface area contributed by atoms with Gasteiger partial charge < -0.3 is 30.6 Å². The lowest BCUT2D eigenvalue weighted by atomic mass is 9.45. The Balaban J connectivity index is 1.68. The number of aliphatic hydroxyl groups is 6. The Morgan fingerprint density at radius 3 is 2.29 bits per heavy atom. The van der Waals surface area contributed by atoms with E-state index in [2.05, 4.69) is 0 Å². The Morgan fingerprint density at radius 1 is 1.06 bits per heavy atom. The van der Waals surface area contributed by atoms with Crippen LogP contribution in [0.1, 0.15) is 86.5 Å². The van der Waals surface area contributed by atoms with E-state index >= 15 is 0 Å². The Morgan fingerprint density at radius 2 is 1.69 bits per heavy atom. The molecule has 3 fully saturated rings. The van der Waals surface area contributed by atoms with Gasteiger partial charge >= 0.3 is 0 Å². The second-order valence-electron chi connectivity index (χ2n) is 13.8. The van der Waals surface area contributed by atoms with Gasteiger partial charge in [-0.3, -0.25) is 4.79 Å². The van der Waals surface area contributed by atoms with Crippen LogP contribution in [0, 0.1) is 34.5 Å².